The third-order valence-corrected chi connectivity index (χ3v) is 4.59. The summed E-state index contributed by atoms with van der Waals surface area (Å²) in [5.74, 6) is 1.64. The lowest BCUT2D eigenvalue weighted by molar-refractivity contribution is 0.118. The number of nitrogens with zero attached hydrogens (tertiary/aromatic N) is 5. The van der Waals surface area contributed by atoms with Gasteiger partial charge in [-0.1, -0.05) is 19.3 Å². The van der Waals surface area contributed by atoms with Gasteiger partial charge in [0.15, 0.2) is 11.6 Å². The molecule has 1 aliphatic carbocycles. The second kappa shape index (κ2) is 6.10. The van der Waals surface area contributed by atoms with Crippen molar-refractivity contribution in [1.82, 2.24) is 19.7 Å². The van der Waals surface area contributed by atoms with Crippen molar-refractivity contribution in [3.8, 4) is 11.7 Å². The Hall–Kier alpha value is -2.64. The molecule has 0 N–H and O–H groups in total. The molecule has 0 bridgehead atoms. The van der Waals surface area contributed by atoms with E-state index in [1.54, 1.807) is 10.9 Å². The molecule has 2 aliphatic rings. The number of methoxy groups -OCH3 is 1. The number of hydrogen-bond donors (Lipinski definition) is 0. The molecule has 4 rings (SSSR count). The maximum Gasteiger partial charge on any atom is 0.516 e. The summed E-state index contributed by atoms with van der Waals surface area (Å²) >= 11 is 0. The SMILES string of the molecule is COC(=O)Oc1nc2n(n1)-c1cccnc1N(C1CCCCC1)C2. The first-order valence-electron chi connectivity index (χ1n) is 8.20. The van der Waals surface area contributed by atoms with Crippen LogP contribution in [-0.2, 0) is 11.3 Å². The summed E-state index contributed by atoms with van der Waals surface area (Å²) in [6.07, 6.45) is 7.08. The average molecular weight is 329 g/mol. The van der Waals surface area contributed by atoms with Crippen molar-refractivity contribution in [1.29, 1.82) is 0 Å². The molecule has 24 heavy (non-hydrogen) atoms. The molecule has 0 unspecified atom stereocenters. The minimum atomic E-state index is -0.825. The van der Waals surface area contributed by atoms with Crippen LogP contribution in [0.15, 0.2) is 18.3 Å². The number of rotatable bonds is 2. The summed E-state index contributed by atoms with van der Waals surface area (Å²) in [7, 11) is 1.25. The fraction of sp³-hybridized carbons (Fsp3) is 0.500. The smallest absolute Gasteiger partial charge is 0.437 e. The molecule has 0 amide bonds. The number of hydrogen-bond acceptors (Lipinski definition) is 7. The van der Waals surface area contributed by atoms with Crippen LogP contribution in [-0.4, -0.2) is 39.1 Å². The van der Waals surface area contributed by atoms with E-state index in [-0.39, 0.29) is 6.01 Å². The second-order valence-corrected chi connectivity index (χ2v) is 6.04. The lowest BCUT2D eigenvalue weighted by Gasteiger charge is -2.38. The molecule has 1 saturated carbocycles. The van der Waals surface area contributed by atoms with Gasteiger partial charge in [-0.25, -0.2) is 14.5 Å². The first kappa shape index (κ1) is 14.9. The van der Waals surface area contributed by atoms with E-state index in [1.165, 1.54) is 26.4 Å². The van der Waals surface area contributed by atoms with Crippen molar-refractivity contribution in [3.05, 3.63) is 24.2 Å². The summed E-state index contributed by atoms with van der Waals surface area (Å²) in [4.78, 5) is 22.5. The monoisotopic (exact) mass is 329 g/mol. The standard InChI is InChI=1S/C16H19N5O3/c1-23-16(22)24-15-18-13-10-20(11-6-3-2-4-7-11)14-12(21(13)19-15)8-5-9-17-14/h5,8-9,11H,2-4,6-7,10H2,1H3. The topological polar surface area (TPSA) is 82.4 Å². The van der Waals surface area contributed by atoms with Crippen LogP contribution in [0.1, 0.15) is 37.9 Å². The minimum Gasteiger partial charge on any atom is -0.437 e. The van der Waals surface area contributed by atoms with E-state index >= 15 is 0 Å². The van der Waals surface area contributed by atoms with Crippen molar-refractivity contribution in [2.24, 2.45) is 0 Å². The van der Waals surface area contributed by atoms with Gasteiger partial charge in [-0.15, -0.1) is 5.10 Å². The average Bonchev–Trinajstić information content (AvgIpc) is 3.04. The zero-order valence-corrected chi connectivity index (χ0v) is 13.5. The van der Waals surface area contributed by atoms with Crippen molar-refractivity contribution in [2.45, 2.75) is 44.7 Å². The van der Waals surface area contributed by atoms with E-state index in [0.717, 1.165) is 30.2 Å². The van der Waals surface area contributed by atoms with Crippen LogP contribution in [0.4, 0.5) is 10.6 Å². The normalized spacial score (nSPS) is 17.1. The Labute approximate surface area is 139 Å². The van der Waals surface area contributed by atoms with Crippen LogP contribution < -0.4 is 9.64 Å². The predicted molar refractivity (Wildman–Crippen MR) is 85.2 cm³/mol. The number of anilines is 1. The summed E-state index contributed by atoms with van der Waals surface area (Å²) in [6, 6.07) is 4.28. The van der Waals surface area contributed by atoms with Gasteiger partial charge in [0.05, 0.1) is 13.7 Å². The van der Waals surface area contributed by atoms with Gasteiger partial charge >= 0.3 is 12.2 Å². The number of carbonyl (C=O) groups excluding carboxylic acids is 1. The largest absolute Gasteiger partial charge is 0.516 e. The first-order chi connectivity index (χ1) is 11.8. The summed E-state index contributed by atoms with van der Waals surface area (Å²) in [5, 5.41) is 4.28. The van der Waals surface area contributed by atoms with Gasteiger partial charge in [0.25, 0.3) is 0 Å². The number of ether oxygens (including phenoxy) is 2. The van der Waals surface area contributed by atoms with E-state index in [4.69, 9.17) is 4.74 Å². The Kier molecular flexibility index (Phi) is 3.79. The number of fused-ring (bicyclic) bond motifs is 3. The molecule has 0 radical (unpaired) electrons. The van der Waals surface area contributed by atoms with Crippen LogP contribution in [0, 0.1) is 0 Å². The van der Waals surface area contributed by atoms with E-state index < -0.39 is 6.16 Å². The maximum absolute atomic E-state index is 11.3. The van der Waals surface area contributed by atoms with Gasteiger partial charge in [0, 0.05) is 12.2 Å². The highest BCUT2D eigenvalue weighted by atomic mass is 16.7. The molecular weight excluding hydrogens is 310 g/mol. The van der Waals surface area contributed by atoms with Crippen LogP contribution in [0.2, 0.25) is 0 Å². The zero-order chi connectivity index (χ0) is 16.5. The van der Waals surface area contributed by atoms with E-state index in [2.05, 4.69) is 24.7 Å². The molecule has 2 aromatic heterocycles. The Bertz CT molecular complexity index is 754. The Morgan fingerprint density at radius 2 is 2.12 bits per heavy atom. The molecular formula is C16H19N5O3. The highest BCUT2D eigenvalue weighted by Crippen LogP contribution is 2.35. The van der Waals surface area contributed by atoms with Crippen LogP contribution in [0.5, 0.6) is 6.01 Å². The van der Waals surface area contributed by atoms with Gasteiger partial charge in [-0.3, -0.25) is 0 Å². The van der Waals surface area contributed by atoms with Gasteiger partial charge in [-0.05, 0) is 25.0 Å². The van der Waals surface area contributed by atoms with Gasteiger partial charge in [0.1, 0.15) is 5.69 Å². The Balaban J connectivity index is 1.70. The lowest BCUT2D eigenvalue weighted by Crippen LogP contribution is -2.40. The van der Waals surface area contributed by atoms with Crippen molar-refractivity contribution >= 4 is 12.0 Å². The Morgan fingerprint density at radius 1 is 1.29 bits per heavy atom. The summed E-state index contributed by atoms with van der Waals surface area (Å²) in [6.45, 7) is 0.603. The quantitative estimate of drug-likeness (QED) is 0.783. The Morgan fingerprint density at radius 3 is 2.92 bits per heavy atom. The van der Waals surface area contributed by atoms with Crippen LogP contribution in [0.3, 0.4) is 0 Å². The molecule has 0 atom stereocenters. The number of aromatic nitrogens is 4. The number of pyridine rings is 1. The molecule has 0 saturated heterocycles. The molecule has 8 nitrogen and oxygen atoms in total. The van der Waals surface area contributed by atoms with Crippen LogP contribution in [0.25, 0.3) is 5.69 Å². The first-order valence-corrected chi connectivity index (χ1v) is 8.20. The van der Waals surface area contributed by atoms with Gasteiger partial charge in [0.2, 0.25) is 0 Å². The fourth-order valence-electron chi connectivity index (χ4n) is 3.48. The molecule has 0 aromatic carbocycles. The van der Waals surface area contributed by atoms with Gasteiger partial charge in [-0.2, -0.15) is 4.98 Å². The highest BCUT2D eigenvalue weighted by molar-refractivity contribution is 5.63. The molecule has 126 valence electrons. The van der Waals surface area contributed by atoms with Gasteiger partial charge < -0.3 is 14.4 Å². The molecule has 0 spiro atoms. The molecule has 1 fully saturated rings. The maximum atomic E-state index is 11.3. The summed E-state index contributed by atoms with van der Waals surface area (Å²) in [5.41, 5.74) is 0.858. The highest BCUT2D eigenvalue weighted by Gasteiger charge is 2.32. The predicted octanol–water partition coefficient (Wildman–Crippen LogP) is 2.46. The summed E-state index contributed by atoms with van der Waals surface area (Å²) < 4.78 is 11.2. The minimum absolute atomic E-state index is 0.00264. The number of carbonyl (C=O) groups is 1. The zero-order valence-electron chi connectivity index (χ0n) is 13.5. The van der Waals surface area contributed by atoms with E-state index in [0.29, 0.717) is 12.6 Å². The van der Waals surface area contributed by atoms with Crippen molar-refractivity contribution in [3.63, 3.8) is 0 Å². The van der Waals surface area contributed by atoms with E-state index in [1.807, 2.05) is 12.1 Å². The molecule has 3 heterocycles. The van der Waals surface area contributed by atoms with E-state index in [9.17, 15) is 4.79 Å². The van der Waals surface area contributed by atoms with Crippen molar-refractivity contribution in [2.75, 3.05) is 12.0 Å². The lowest BCUT2D eigenvalue weighted by atomic mass is 9.93. The molecule has 8 heteroatoms. The van der Waals surface area contributed by atoms with Crippen molar-refractivity contribution < 1.29 is 14.3 Å². The molecule has 2 aromatic rings. The van der Waals surface area contributed by atoms with Crippen LogP contribution >= 0.6 is 0 Å². The second-order valence-electron chi connectivity index (χ2n) is 6.04. The third kappa shape index (κ3) is 2.57. The third-order valence-electron chi connectivity index (χ3n) is 4.59. The molecule has 1 aliphatic heterocycles. The fourth-order valence-corrected chi connectivity index (χ4v) is 3.48.